The van der Waals surface area contributed by atoms with Crippen LogP contribution in [0.1, 0.15) is 99.3 Å². The van der Waals surface area contributed by atoms with Crippen molar-refractivity contribution in [3.8, 4) is 29.3 Å². The van der Waals surface area contributed by atoms with Crippen LogP contribution in [0, 0.1) is 0 Å². The predicted octanol–water partition coefficient (Wildman–Crippen LogP) is 11.3. The van der Waals surface area contributed by atoms with E-state index >= 15 is 0 Å². The molecule has 4 aromatic rings. The second kappa shape index (κ2) is 21.7. The van der Waals surface area contributed by atoms with Crippen LogP contribution in [-0.4, -0.2) is 78.0 Å². The molecule has 306 valence electrons. The Morgan fingerprint density at radius 1 is 0.429 bits per heavy atom. The van der Waals surface area contributed by atoms with Gasteiger partial charge in [0.05, 0.1) is 26.4 Å². The molecule has 4 unspecified atom stereocenters. The van der Waals surface area contributed by atoms with Crippen molar-refractivity contribution in [3.63, 3.8) is 0 Å². The van der Waals surface area contributed by atoms with Crippen molar-refractivity contribution < 1.29 is 37.9 Å². The lowest BCUT2D eigenvalue weighted by Crippen LogP contribution is -2.23. The van der Waals surface area contributed by atoms with Crippen LogP contribution in [0.5, 0.6) is 0 Å². The topological polar surface area (TPSA) is 73.8 Å². The maximum absolute atomic E-state index is 6.30. The highest BCUT2D eigenvalue weighted by molar-refractivity contribution is 7.28. The third-order valence-corrected chi connectivity index (χ3v) is 15.8. The zero-order chi connectivity index (χ0) is 37.8. The lowest BCUT2D eigenvalue weighted by Gasteiger charge is -2.22. The number of ether oxygens (including phenoxy) is 8. The van der Waals surface area contributed by atoms with Crippen LogP contribution < -0.4 is 0 Å². The van der Waals surface area contributed by atoms with E-state index in [4.69, 9.17) is 37.9 Å². The average molecular weight is 843 g/mol. The van der Waals surface area contributed by atoms with E-state index in [1.165, 1.54) is 77.2 Å². The normalized spacial score (nSPS) is 23.5. The number of thiophene rings is 4. The minimum Gasteiger partial charge on any atom is -0.353 e. The Bertz CT molecular complexity index is 1610. The summed E-state index contributed by atoms with van der Waals surface area (Å²) in [5.74, 6) is 0. The first-order valence-corrected chi connectivity index (χ1v) is 24.5. The zero-order valence-electron chi connectivity index (χ0n) is 32.6. The van der Waals surface area contributed by atoms with Gasteiger partial charge in [-0.3, -0.25) is 0 Å². The van der Waals surface area contributed by atoms with Gasteiger partial charge in [-0.15, -0.1) is 45.3 Å². The van der Waals surface area contributed by atoms with Crippen LogP contribution in [0.15, 0.2) is 35.0 Å². The smallest absolute Gasteiger partial charge is 0.157 e. The highest BCUT2D eigenvalue weighted by Crippen LogP contribution is 2.48. The number of hydrogen-bond donors (Lipinski definition) is 0. The van der Waals surface area contributed by atoms with Crippen molar-refractivity contribution in [1.82, 2.24) is 0 Å². The molecule has 0 aliphatic carbocycles. The molecule has 8 heterocycles. The lowest BCUT2D eigenvalue weighted by molar-refractivity contribution is -0.161. The van der Waals surface area contributed by atoms with E-state index in [-0.39, 0.29) is 25.2 Å². The van der Waals surface area contributed by atoms with E-state index in [2.05, 4.69) is 35.0 Å². The first kappa shape index (κ1) is 41.2. The Morgan fingerprint density at radius 2 is 0.768 bits per heavy atom. The fraction of sp³-hybridized carbons (Fsp3) is 0.636. The van der Waals surface area contributed by atoms with Crippen molar-refractivity contribution >= 4 is 45.3 Å². The van der Waals surface area contributed by atoms with Crippen LogP contribution in [0.4, 0.5) is 0 Å². The van der Waals surface area contributed by atoms with Crippen LogP contribution in [0.25, 0.3) is 29.3 Å². The van der Waals surface area contributed by atoms with Crippen molar-refractivity contribution in [3.05, 3.63) is 57.3 Å². The number of rotatable bonds is 19. The third kappa shape index (κ3) is 11.4. The monoisotopic (exact) mass is 842 g/mol. The Kier molecular flexibility index (Phi) is 15.9. The molecule has 8 nitrogen and oxygen atoms in total. The van der Waals surface area contributed by atoms with E-state index in [0.29, 0.717) is 26.4 Å². The molecule has 4 atom stereocenters. The molecule has 4 aliphatic heterocycles. The highest BCUT2D eigenvalue weighted by Gasteiger charge is 2.24. The summed E-state index contributed by atoms with van der Waals surface area (Å²) in [5, 5.41) is 4.47. The molecule has 8 rings (SSSR count). The maximum atomic E-state index is 6.30. The van der Waals surface area contributed by atoms with Gasteiger partial charge in [0.15, 0.2) is 25.2 Å². The fourth-order valence-corrected chi connectivity index (χ4v) is 12.7. The summed E-state index contributed by atoms with van der Waals surface area (Å²) in [4.78, 5) is 8.00. The molecule has 0 spiro atoms. The van der Waals surface area contributed by atoms with Gasteiger partial charge in [0.2, 0.25) is 0 Å². The summed E-state index contributed by atoms with van der Waals surface area (Å²) >= 11 is 7.51. The highest BCUT2D eigenvalue weighted by atomic mass is 32.1. The van der Waals surface area contributed by atoms with E-state index in [1.807, 2.05) is 45.3 Å². The largest absolute Gasteiger partial charge is 0.353 e. The molecule has 0 radical (unpaired) electrons. The molecular weight excluding hydrogens is 785 g/mol. The van der Waals surface area contributed by atoms with Crippen molar-refractivity contribution in [1.29, 1.82) is 0 Å². The van der Waals surface area contributed by atoms with Gasteiger partial charge in [0.1, 0.15) is 0 Å². The molecule has 4 fully saturated rings. The summed E-state index contributed by atoms with van der Waals surface area (Å²) in [6.45, 7) is 5.80. The summed E-state index contributed by atoms with van der Waals surface area (Å²) in [7, 11) is 0. The van der Waals surface area contributed by atoms with Crippen LogP contribution >= 0.6 is 45.3 Å². The van der Waals surface area contributed by atoms with E-state index in [0.717, 1.165) is 103 Å². The molecule has 0 bridgehead atoms. The van der Waals surface area contributed by atoms with Crippen molar-refractivity contribution in [2.24, 2.45) is 0 Å². The quantitative estimate of drug-likeness (QED) is 0.0924. The van der Waals surface area contributed by atoms with Gasteiger partial charge in [-0.05, 0) is 160 Å². The maximum Gasteiger partial charge on any atom is 0.157 e. The zero-order valence-corrected chi connectivity index (χ0v) is 35.9. The molecule has 0 N–H and O–H groups in total. The van der Waals surface area contributed by atoms with Crippen LogP contribution in [-0.2, 0) is 63.6 Å². The van der Waals surface area contributed by atoms with Gasteiger partial charge in [-0.25, -0.2) is 0 Å². The second-order valence-corrected chi connectivity index (χ2v) is 19.1. The second-order valence-electron chi connectivity index (χ2n) is 15.1. The van der Waals surface area contributed by atoms with Gasteiger partial charge in [-0.1, -0.05) is 0 Å². The molecule has 56 heavy (non-hydrogen) atoms. The summed E-state index contributed by atoms with van der Waals surface area (Å²) in [6, 6.07) is 9.42. The number of hydrogen-bond acceptors (Lipinski definition) is 12. The first-order valence-electron chi connectivity index (χ1n) is 21.1. The van der Waals surface area contributed by atoms with E-state index < -0.39 is 0 Å². The lowest BCUT2D eigenvalue weighted by atomic mass is 10.1. The Labute approximate surface area is 348 Å². The fourth-order valence-electron chi connectivity index (χ4n) is 7.89. The molecule has 4 saturated heterocycles. The van der Waals surface area contributed by atoms with Gasteiger partial charge < -0.3 is 37.9 Å². The van der Waals surface area contributed by atoms with Crippen LogP contribution in [0.3, 0.4) is 0 Å². The molecule has 0 amide bonds. The Balaban J connectivity index is 1.04. The molecule has 0 saturated carbocycles. The van der Waals surface area contributed by atoms with E-state index in [1.54, 1.807) is 0 Å². The predicted molar refractivity (Wildman–Crippen MR) is 227 cm³/mol. The Morgan fingerprint density at radius 3 is 1.09 bits per heavy atom. The summed E-state index contributed by atoms with van der Waals surface area (Å²) < 4.78 is 48.5. The summed E-state index contributed by atoms with van der Waals surface area (Å²) in [5.41, 5.74) is 5.37. The van der Waals surface area contributed by atoms with Gasteiger partial charge in [0.25, 0.3) is 0 Å². The van der Waals surface area contributed by atoms with Crippen molar-refractivity contribution in [2.75, 3.05) is 52.9 Å². The Hall–Kier alpha value is -1.52. The average Bonchev–Trinajstić information content (AvgIpc) is 4.07. The van der Waals surface area contributed by atoms with Gasteiger partial charge in [-0.2, -0.15) is 0 Å². The minimum atomic E-state index is -0.0917. The van der Waals surface area contributed by atoms with Crippen molar-refractivity contribution in [2.45, 2.75) is 128 Å². The van der Waals surface area contributed by atoms with E-state index in [9.17, 15) is 0 Å². The minimum absolute atomic E-state index is 0.0704. The summed E-state index contributed by atoms with van der Waals surface area (Å²) in [6.07, 6.45) is 16.2. The molecule has 12 heteroatoms. The molecule has 4 aromatic heterocycles. The van der Waals surface area contributed by atoms with Crippen LogP contribution in [0.2, 0.25) is 0 Å². The SMILES string of the molecule is c1cc(CCOC2CCCCO2)c(-c2sc(-c3cc(CCOC4CCCCO4)c(-c4sccc4CCOC4CCCCO4)s3)cc2CCOC2CCCCO2)s1. The molecular formula is C44H58O8S4. The molecule has 0 aromatic carbocycles. The van der Waals surface area contributed by atoms with Gasteiger partial charge >= 0.3 is 0 Å². The first-order chi connectivity index (χ1) is 27.8. The third-order valence-electron chi connectivity index (χ3n) is 11.0. The standard InChI is InChI=1S/C44H58O8S4/c1-5-19-45-37(9-1)49-23-13-31-17-27-53-41(31)43-33(15-25-51-39-11-3-7-21-47-39)29-35(55-43)36-30-34(16-26-52-40-12-4-8-22-48-40)44(56-36)42-32(18-28-54-42)14-24-50-38-10-2-6-20-46-38/h17-18,27-30,37-40H,1-16,19-26H2. The van der Waals surface area contributed by atoms with Gasteiger partial charge in [0, 0.05) is 55.7 Å². The molecule has 4 aliphatic rings.